The van der Waals surface area contributed by atoms with Crippen molar-refractivity contribution in [3.05, 3.63) is 39.4 Å². The summed E-state index contributed by atoms with van der Waals surface area (Å²) in [5.41, 5.74) is 1.34. The van der Waals surface area contributed by atoms with E-state index in [1.807, 2.05) is 11.4 Å². The number of piperazine rings is 1. The van der Waals surface area contributed by atoms with E-state index in [4.69, 9.17) is 21.7 Å². The van der Waals surface area contributed by atoms with Crippen molar-refractivity contribution >= 4 is 51.2 Å². The number of aromatic nitrogens is 3. The molecular formula is C26H34ClN7O3S2. The number of likely N-dealkylation sites (tertiary alicyclic amines) is 1. The number of nitrogens with zero attached hydrogens (tertiary/aromatic N) is 6. The fraction of sp³-hybridized carbons (Fsp3) is 0.538. The molecule has 39 heavy (non-hydrogen) atoms. The molecule has 1 unspecified atom stereocenters. The van der Waals surface area contributed by atoms with E-state index in [9.17, 15) is 9.90 Å². The Kier molecular flexibility index (Phi) is 9.31. The molecule has 210 valence electrons. The van der Waals surface area contributed by atoms with Gasteiger partial charge in [-0.25, -0.2) is 9.97 Å². The molecule has 3 aromatic heterocycles. The lowest BCUT2D eigenvalue weighted by Gasteiger charge is -2.35. The number of carboxylic acid groups (broad SMARTS) is 1. The van der Waals surface area contributed by atoms with Gasteiger partial charge in [-0.3, -0.25) is 19.6 Å². The summed E-state index contributed by atoms with van der Waals surface area (Å²) >= 11 is 9.34. The normalized spacial score (nSPS) is 19.5. The molecule has 0 bridgehead atoms. The summed E-state index contributed by atoms with van der Waals surface area (Å²) in [6.45, 7) is 8.27. The first-order chi connectivity index (χ1) is 18.9. The van der Waals surface area contributed by atoms with Crippen LogP contribution in [0.1, 0.15) is 49.4 Å². The molecule has 0 amide bonds. The average Bonchev–Trinajstić information content (AvgIpc) is 3.65. The molecule has 3 aromatic rings. The number of aliphatic hydroxyl groups excluding tert-OH is 1. The number of aliphatic carboxylic acids is 1. The minimum atomic E-state index is -1.04. The van der Waals surface area contributed by atoms with Crippen LogP contribution in [0.15, 0.2) is 23.8 Å². The Hall–Kier alpha value is -2.35. The fourth-order valence-electron chi connectivity index (χ4n) is 5.04. The molecule has 3 N–H and O–H groups in total. The Balaban J connectivity index is 1.21. The van der Waals surface area contributed by atoms with E-state index in [1.165, 1.54) is 12.8 Å². The van der Waals surface area contributed by atoms with Gasteiger partial charge >= 0.3 is 5.97 Å². The molecule has 0 aromatic carbocycles. The smallest absolute Gasteiger partial charge is 0.303 e. The van der Waals surface area contributed by atoms with Gasteiger partial charge in [-0.05, 0) is 45.3 Å². The van der Waals surface area contributed by atoms with Gasteiger partial charge in [0.2, 0.25) is 0 Å². The molecule has 10 nitrogen and oxygen atoms in total. The zero-order chi connectivity index (χ0) is 27.4. The highest BCUT2D eigenvalue weighted by molar-refractivity contribution is 7.17. The Morgan fingerprint density at radius 2 is 2.05 bits per heavy atom. The number of carbonyl (C=O) groups is 1. The first-order valence-electron chi connectivity index (χ1n) is 13.3. The number of rotatable bonds is 11. The maximum Gasteiger partial charge on any atom is 0.303 e. The minimum absolute atomic E-state index is 0.202. The highest BCUT2D eigenvalue weighted by Crippen LogP contribution is 2.38. The number of hydrogen-bond acceptors (Lipinski definition) is 11. The molecule has 2 aliphatic rings. The van der Waals surface area contributed by atoms with Crippen LogP contribution in [0.3, 0.4) is 0 Å². The standard InChI is InChI=1S/C26H34ClN7O3S2/c1-17-4-2-7-34(17)15-21-24(20-12-18(27)16-38-20)30-26(39-21)31-25(37)19-13-29-22(14-28-19)33-10-8-32(9-11-33)6-3-5-23(35)36/h12-14,16-17,25,37H,2-11,15H2,1H3,(H,30,31)(H,35,36)/t17-,25?/m1/s1. The molecule has 0 spiro atoms. The van der Waals surface area contributed by atoms with Crippen molar-refractivity contribution in [1.29, 1.82) is 0 Å². The van der Waals surface area contributed by atoms with Gasteiger partial charge in [0.15, 0.2) is 11.4 Å². The lowest BCUT2D eigenvalue weighted by atomic mass is 10.2. The lowest BCUT2D eigenvalue weighted by molar-refractivity contribution is -0.137. The van der Waals surface area contributed by atoms with Gasteiger partial charge in [-0.2, -0.15) is 0 Å². The van der Waals surface area contributed by atoms with Gasteiger partial charge < -0.3 is 20.4 Å². The number of thiophene rings is 1. The van der Waals surface area contributed by atoms with Crippen molar-refractivity contribution < 1.29 is 15.0 Å². The largest absolute Gasteiger partial charge is 0.481 e. The summed E-state index contributed by atoms with van der Waals surface area (Å²) in [7, 11) is 0. The quantitative estimate of drug-likeness (QED) is 0.277. The van der Waals surface area contributed by atoms with Crippen molar-refractivity contribution in [2.24, 2.45) is 0 Å². The van der Waals surface area contributed by atoms with Crippen LogP contribution in [-0.2, 0) is 11.3 Å². The van der Waals surface area contributed by atoms with Crippen LogP contribution < -0.4 is 10.2 Å². The summed E-state index contributed by atoms with van der Waals surface area (Å²) in [4.78, 5) is 33.7. The summed E-state index contributed by atoms with van der Waals surface area (Å²) < 4.78 is 0. The van der Waals surface area contributed by atoms with Crippen molar-refractivity contribution in [1.82, 2.24) is 24.8 Å². The van der Waals surface area contributed by atoms with E-state index in [2.05, 4.69) is 36.9 Å². The summed E-state index contributed by atoms with van der Waals surface area (Å²) in [6, 6.07) is 2.49. The van der Waals surface area contributed by atoms with E-state index >= 15 is 0 Å². The molecule has 2 aliphatic heterocycles. The monoisotopic (exact) mass is 591 g/mol. The number of anilines is 2. The van der Waals surface area contributed by atoms with Crippen LogP contribution in [0.5, 0.6) is 0 Å². The van der Waals surface area contributed by atoms with Gasteiger partial charge in [0.05, 0.1) is 28.0 Å². The van der Waals surface area contributed by atoms with Crippen LogP contribution in [0.25, 0.3) is 10.6 Å². The zero-order valence-corrected chi connectivity index (χ0v) is 24.3. The third kappa shape index (κ3) is 7.24. The van der Waals surface area contributed by atoms with E-state index in [1.54, 1.807) is 35.1 Å². The van der Waals surface area contributed by atoms with Crippen molar-refractivity contribution in [3.8, 4) is 10.6 Å². The molecular weight excluding hydrogens is 558 g/mol. The maximum atomic E-state index is 10.9. The second kappa shape index (κ2) is 12.9. The minimum Gasteiger partial charge on any atom is -0.481 e. The molecule has 0 saturated carbocycles. The SMILES string of the molecule is C[C@@H]1CCCN1Cc1sc(NC(O)c2cnc(N3CCN(CCCC(=O)O)CC3)cn2)nc1-c1cc(Cl)cs1. The number of halogens is 1. The second-order valence-electron chi connectivity index (χ2n) is 10.1. The fourth-order valence-corrected chi connectivity index (χ4v) is 7.22. The zero-order valence-electron chi connectivity index (χ0n) is 21.9. The summed E-state index contributed by atoms with van der Waals surface area (Å²) in [5.74, 6) is 0.0184. The van der Waals surface area contributed by atoms with E-state index < -0.39 is 12.2 Å². The Bertz CT molecular complexity index is 1250. The van der Waals surface area contributed by atoms with Gasteiger partial charge in [0, 0.05) is 55.4 Å². The molecule has 13 heteroatoms. The predicted molar refractivity (Wildman–Crippen MR) is 156 cm³/mol. The number of carboxylic acids is 1. The number of hydrogen-bond donors (Lipinski definition) is 3. The van der Waals surface area contributed by atoms with Gasteiger partial charge in [0.1, 0.15) is 11.5 Å². The van der Waals surface area contributed by atoms with E-state index in [0.29, 0.717) is 28.3 Å². The van der Waals surface area contributed by atoms with Crippen LogP contribution in [0, 0.1) is 0 Å². The summed E-state index contributed by atoms with van der Waals surface area (Å²) in [6.07, 6.45) is 5.54. The van der Waals surface area contributed by atoms with Crippen molar-refractivity contribution in [2.45, 2.75) is 51.4 Å². The van der Waals surface area contributed by atoms with E-state index in [-0.39, 0.29) is 6.42 Å². The molecule has 2 fully saturated rings. The molecule has 5 heterocycles. The topological polar surface area (TPSA) is 118 Å². The number of nitrogens with one attached hydrogen (secondary N) is 1. The molecule has 2 saturated heterocycles. The van der Waals surface area contributed by atoms with E-state index in [0.717, 1.165) is 67.1 Å². The Morgan fingerprint density at radius 1 is 1.23 bits per heavy atom. The maximum absolute atomic E-state index is 10.9. The van der Waals surface area contributed by atoms with Crippen molar-refractivity contribution in [3.63, 3.8) is 0 Å². The van der Waals surface area contributed by atoms with Crippen molar-refractivity contribution in [2.75, 3.05) is 49.5 Å². The molecule has 5 rings (SSSR count). The molecule has 2 atom stereocenters. The third-order valence-electron chi connectivity index (χ3n) is 7.30. The third-order valence-corrected chi connectivity index (χ3v) is 9.55. The first kappa shape index (κ1) is 28.2. The first-order valence-corrected chi connectivity index (χ1v) is 15.4. The number of thiazole rings is 1. The van der Waals surface area contributed by atoms with Gasteiger partial charge in [-0.15, -0.1) is 11.3 Å². The second-order valence-corrected chi connectivity index (χ2v) is 12.5. The Labute approximate surface area is 241 Å². The number of aliphatic hydroxyl groups is 1. The van der Waals surface area contributed by atoms with Crippen LogP contribution in [0.2, 0.25) is 5.02 Å². The highest BCUT2D eigenvalue weighted by Gasteiger charge is 2.25. The van der Waals surface area contributed by atoms with Gasteiger partial charge in [0.25, 0.3) is 0 Å². The van der Waals surface area contributed by atoms with Crippen LogP contribution >= 0.6 is 34.3 Å². The predicted octanol–water partition coefficient (Wildman–Crippen LogP) is 4.39. The van der Waals surface area contributed by atoms with Crippen LogP contribution in [-0.4, -0.2) is 86.2 Å². The Morgan fingerprint density at radius 3 is 2.69 bits per heavy atom. The average molecular weight is 592 g/mol. The van der Waals surface area contributed by atoms with Gasteiger partial charge in [-0.1, -0.05) is 22.9 Å². The molecule has 0 aliphatic carbocycles. The highest BCUT2D eigenvalue weighted by atomic mass is 35.5. The summed E-state index contributed by atoms with van der Waals surface area (Å²) in [5, 5.41) is 26.1. The lowest BCUT2D eigenvalue weighted by Crippen LogP contribution is -2.47. The molecule has 0 radical (unpaired) electrons. The van der Waals surface area contributed by atoms with Crippen LogP contribution in [0.4, 0.5) is 10.9 Å².